The standard InChI is InChI=1S/C25H36N4OS/c1-29(22-14-19(15-22)16-27-18-26)24(30)25(21-12-8-3-2-4-9-13-21)17-28-23(31-25)20-10-6-5-7-11-20/h5-7,10-11,19,21-23,27-28H,2-4,8-9,12-17H2,1H3/t19-,22-,23?,25?. The lowest BCUT2D eigenvalue weighted by molar-refractivity contribution is -0.138. The Morgan fingerprint density at radius 1 is 1.19 bits per heavy atom. The number of thioether (sulfide) groups is 1. The van der Waals surface area contributed by atoms with Crippen LogP contribution in [0.4, 0.5) is 0 Å². The quantitative estimate of drug-likeness (QED) is 0.506. The van der Waals surface area contributed by atoms with Crippen LogP contribution in [0.2, 0.25) is 0 Å². The van der Waals surface area contributed by atoms with Gasteiger partial charge in [-0.1, -0.05) is 62.4 Å². The second-order valence-corrected chi connectivity index (χ2v) is 11.1. The van der Waals surface area contributed by atoms with Crippen molar-refractivity contribution in [1.82, 2.24) is 15.5 Å². The van der Waals surface area contributed by atoms with Crippen LogP contribution in [-0.2, 0) is 4.79 Å². The number of nitrogens with zero attached hydrogens (tertiary/aromatic N) is 2. The molecule has 0 bridgehead atoms. The molecular weight excluding hydrogens is 404 g/mol. The predicted octanol–water partition coefficient (Wildman–Crippen LogP) is 4.43. The van der Waals surface area contributed by atoms with Crippen molar-refractivity contribution in [3.63, 3.8) is 0 Å². The number of benzene rings is 1. The zero-order chi connectivity index (χ0) is 21.7. The normalized spacial score (nSPS) is 31.7. The van der Waals surface area contributed by atoms with E-state index in [1.807, 2.05) is 25.0 Å². The lowest BCUT2D eigenvalue weighted by atomic mass is 9.77. The number of hydrogen-bond donors (Lipinski definition) is 2. The highest BCUT2D eigenvalue weighted by Gasteiger charge is 2.53. The minimum atomic E-state index is -0.372. The monoisotopic (exact) mass is 440 g/mol. The van der Waals surface area contributed by atoms with Crippen LogP contribution in [0.25, 0.3) is 0 Å². The lowest BCUT2D eigenvalue weighted by Crippen LogP contribution is -2.57. The van der Waals surface area contributed by atoms with Crippen LogP contribution in [-0.4, -0.2) is 41.7 Å². The second-order valence-electron chi connectivity index (χ2n) is 9.62. The van der Waals surface area contributed by atoms with E-state index >= 15 is 0 Å². The third-order valence-corrected chi connectivity index (χ3v) is 9.40. The van der Waals surface area contributed by atoms with Crippen LogP contribution in [0, 0.1) is 23.3 Å². The number of nitriles is 1. The van der Waals surface area contributed by atoms with E-state index < -0.39 is 0 Å². The molecule has 0 spiro atoms. The summed E-state index contributed by atoms with van der Waals surface area (Å²) in [6.07, 6.45) is 12.8. The summed E-state index contributed by atoms with van der Waals surface area (Å²) >= 11 is 1.88. The molecule has 0 aromatic heterocycles. The molecule has 1 amide bonds. The molecule has 4 rings (SSSR count). The maximum Gasteiger partial charge on any atom is 0.240 e. The highest BCUT2D eigenvalue weighted by Crippen LogP contribution is 2.51. The third-order valence-electron chi connectivity index (χ3n) is 7.66. The molecule has 3 aliphatic rings. The predicted molar refractivity (Wildman–Crippen MR) is 126 cm³/mol. The summed E-state index contributed by atoms with van der Waals surface area (Å²) in [5, 5.41) is 15.4. The van der Waals surface area contributed by atoms with E-state index in [1.165, 1.54) is 37.7 Å². The van der Waals surface area contributed by atoms with Crippen LogP contribution in [0.5, 0.6) is 0 Å². The van der Waals surface area contributed by atoms with Gasteiger partial charge in [-0.3, -0.25) is 10.1 Å². The molecule has 168 valence electrons. The van der Waals surface area contributed by atoms with E-state index in [2.05, 4.69) is 45.9 Å². The van der Waals surface area contributed by atoms with Gasteiger partial charge in [-0.15, -0.1) is 11.8 Å². The Morgan fingerprint density at radius 2 is 1.87 bits per heavy atom. The first-order valence-corrected chi connectivity index (χ1v) is 12.9. The van der Waals surface area contributed by atoms with Gasteiger partial charge in [0.05, 0.1) is 5.37 Å². The molecular formula is C25H36N4OS. The van der Waals surface area contributed by atoms with Crippen molar-refractivity contribution in [3.8, 4) is 6.19 Å². The first-order valence-electron chi connectivity index (χ1n) is 12.0. The Morgan fingerprint density at radius 3 is 2.55 bits per heavy atom. The number of nitrogens with one attached hydrogen (secondary N) is 2. The van der Waals surface area contributed by atoms with Crippen LogP contribution in [0.1, 0.15) is 68.7 Å². The lowest BCUT2D eigenvalue weighted by Gasteiger charge is -2.46. The zero-order valence-electron chi connectivity index (χ0n) is 18.7. The van der Waals surface area contributed by atoms with Gasteiger partial charge in [0.15, 0.2) is 6.19 Å². The van der Waals surface area contributed by atoms with E-state index in [0.29, 0.717) is 23.8 Å². The summed E-state index contributed by atoms with van der Waals surface area (Å²) in [4.78, 5) is 16.2. The fourth-order valence-electron chi connectivity index (χ4n) is 5.65. The zero-order valence-corrected chi connectivity index (χ0v) is 19.5. The number of hydrogen-bond acceptors (Lipinski definition) is 5. The molecule has 2 unspecified atom stereocenters. The first kappa shape index (κ1) is 22.5. The van der Waals surface area contributed by atoms with E-state index in [0.717, 1.165) is 38.8 Å². The van der Waals surface area contributed by atoms with Crippen molar-refractivity contribution in [1.29, 1.82) is 5.26 Å². The van der Waals surface area contributed by atoms with E-state index in [1.54, 1.807) is 0 Å². The maximum absolute atomic E-state index is 14.1. The van der Waals surface area contributed by atoms with Crippen molar-refractivity contribution in [2.24, 2.45) is 11.8 Å². The van der Waals surface area contributed by atoms with Crippen LogP contribution in [0.15, 0.2) is 30.3 Å². The maximum atomic E-state index is 14.1. The van der Waals surface area contributed by atoms with Crippen molar-refractivity contribution in [2.75, 3.05) is 20.1 Å². The summed E-state index contributed by atoms with van der Waals surface area (Å²) in [7, 11) is 2.02. The molecule has 5 nitrogen and oxygen atoms in total. The van der Waals surface area contributed by atoms with Gasteiger partial charge in [0, 0.05) is 26.2 Å². The molecule has 2 aliphatic carbocycles. The molecule has 1 saturated heterocycles. The average molecular weight is 441 g/mol. The number of carbonyl (C=O) groups is 1. The Labute approximate surface area is 191 Å². The SMILES string of the molecule is CN(C(=O)C1(C2CCCCCCC2)CNC(c2ccccc2)S1)[C@H]1C[C@H](CNC#N)C1. The van der Waals surface area contributed by atoms with Crippen molar-refractivity contribution in [3.05, 3.63) is 35.9 Å². The highest BCUT2D eigenvalue weighted by molar-refractivity contribution is 8.01. The van der Waals surface area contributed by atoms with Crippen LogP contribution < -0.4 is 10.6 Å². The molecule has 1 aromatic rings. The fourth-order valence-corrected chi connectivity index (χ4v) is 7.37. The highest BCUT2D eigenvalue weighted by atomic mass is 32.2. The van der Waals surface area contributed by atoms with Gasteiger partial charge in [-0.05, 0) is 43.1 Å². The second kappa shape index (κ2) is 10.3. The van der Waals surface area contributed by atoms with Crippen LogP contribution in [0.3, 0.4) is 0 Å². The minimum Gasteiger partial charge on any atom is -0.341 e. The van der Waals surface area contributed by atoms with E-state index in [9.17, 15) is 4.79 Å². The molecule has 31 heavy (non-hydrogen) atoms. The van der Waals surface area contributed by atoms with Crippen LogP contribution >= 0.6 is 11.8 Å². The minimum absolute atomic E-state index is 0.179. The van der Waals surface area contributed by atoms with Gasteiger partial charge in [0.1, 0.15) is 4.75 Å². The third kappa shape index (κ3) is 4.88. The molecule has 1 aliphatic heterocycles. The fraction of sp³-hybridized carbons (Fsp3) is 0.680. The molecule has 2 N–H and O–H groups in total. The summed E-state index contributed by atoms with van der Waals surface area (Å²) in [5.41, 5.74) is 1.27. The Bertz CT molecular complexity index is 767. The van der Waals surface area contributed by atoms with Gasteiger partial charge >= 0.3 is 0 Å². The van der Waals surface area contributed by atoms with Gasteiger partial charge in [0.2, 0.25) is 5.91 Å². The topological polar surface area (TPSA) is 68.2 Å². The van der Waals surface area contributed by atoms with Gasteiger partial charge in [0.25, 0.3) is 0 Å². The van der Waals surface area contributed by atoms with Gasteiger partial charge < -0.3 is 10.2 Å². The van der Waals surface area contributed by atoms with Crippen molar-refractivity contribution < 1.29 is 4.79 Å². The molecule has 2 saturated carbocycles. The Balaban J connectivity index is 1.51. The molecule has 3 fully saturated rings. The van der Waals surface area contributed by atoms with Gasteiger partial charge in [-0.2, -0.15) is 5.26 Å². The molecule has 1 heterocycles. The molecule has 0 radical (unpaired) electrons. The Kier molecular flexibility index (Phi) is 7.45. The average Bonchev–Trinajstić information content (AvgIpc) is 3.19. The molecule has 2 atom stereocenters. The molecule has 6 heteroatoms. The Hall–Kier alpha value is -1.71. The smallest absolute Gasteiger partial charge is 0.240 e. The van der Waals surface area contributed by atoms with Gasteiger partial charge in [-0.25, -0.2) is 0 Å². The van der Waals surface area contributed by atoms with Crippen molar-refractivity contribution in [2.45, 2.75) is 74.0 Å². The summed E-state index contributed by atoms with van der Waals surface area (Å²) in [5.74, 6) is 1.26. The number of rotatable bonds is 6. The van der Waals surface area contributed by atoms with E-state index in [-0.39, 0.29) is 10.1 Å². The number of carbonyl (C=O) groups excluding carboxylic acids is 1. The summed E-state index contributed by atoms with van der Waals surface area (Å²) in [6, 6.07) is 10.9. The van der Waals surface area contributed by atoms with E-state index in [4.69, 9.17) is 5.26 Å². The largest absolute Gasteiger partial charge is 0.341 e. The summed E-state index contributed by atoms with van der Waals surface area (Å²) < 4.78 is -0.372. The first-order chi connectivity index (χ1) is 15.1. The number of amides is 1. The summed E-state index contributed by atoms with van der Waals surface area (Å²) in [6.45, 7) is 1.49. The molecule has 1 aromatic carbocycles. The van der Waals surface area contributed by atoms with Crippen molar-refractivity contribution >= 4 is 17.7 Å².